The van der Waals surface area contributed by atoms with E-state index in [0.717, 1.165) is 34.7 Å². The molecule has 0 unspecified atom stereocenters. The molecule has 0 bridgehead atoms. The van der Waals surface area contributed by atoms with Crippen molar-refractivity contribution in [3.8, 4) is 22.3 Å². The fourth-order valence-electron chi connectivity index (χ4n) is 10.8. The summed E-state index contributed by atoms with van der Waals surface area (Å²) in [6.07, 6.45) is -12.1. The Hall–Kier alpha value is -7.24. The van der Waals surface area contributed by atoms with Crippen LogP contribution < -0.4 is 21.3 Å². The molecule has 2 aliphatic heterocycles. The molecular formula is C68H82N4O19S2. The van der Waals surface area contributed by atoms with Crippen LogP contribution in [0.4, 0.5) is 0 Å². The minimum absolute atomic E-state index is 0.0145. The van der Waals surface area contributed by atoms with Gasteiger partial charge in [-0.05, 0) is 88.6 Å². The number of carboxylic acids is 1. The third kappa shape index (κ3) is 21.4. The molecule has 0 radical (unpaired) electrons. The highest BCUT2D eigenvalue weighted by atomic mass is 32.2. The number of rotatable bonds is 36. The maximum Gasteiger partial charge on any atom is 0.364 e. The van der Waals surface area contributed by atoms with E-state index in [-0.39, 0.29) is 49.6 Å². The number of hydrogen-bond donors (Lipinski definition) is 11. The number of aliphatic hydroxyl groups is 6. The molecule has 7 rings (SSSR count). The van der Waals surface area contributed by atoms with Gasteiger partial charge in [0.1, 0.15) is 30.2 Å². The van der Waals surface area contributed by atoms with Crippen LogP contribution in [0.5, 0.6) is 0 Å². The van der Waals surface area contributed by atoms with Crippen LogP contribution in [0.3, 0.4) is 0 Å². The molecule has 93 heavy (non-hydrogen) atoms. The summed E-state index contributed by atoms with van der Waals surface area (Å²) in [5, 5.41) is 87.4. The van der Waals surface area contributed by atoms with Crippen molar-refractivity contribution >= 4 is 71.0 Å². The summed E-state index contributed by atoms with van der Waals surface area (Å²) < 4.78 is 23.5. The summed E-state index contributed by atoms with van der Waals surface area (Å²) in [5.41, 5.74) is 5.50. The number of thioether (sulfide) groups is 2. The van der Waals surface area contributed by atoms with Crippen LogP contribution in [0.1, 0.15) is 95.4 Å². The van der Waals surface area contributed by atoms with E-state index in [1.165, 1.54) is 30.4 Å². The van der Waals surface area contributed by atoms with Gasteiger partial charge in [-0.25, -0.2) is 4.79 Å². The highest BCUT2D eigenvalue weighted by molar-refractivity contribution is 7.99. The van der Waals surface area contributed by atoms with E-state index in [1.54, 1.807) is 72.8 Å². The number of ketones is 2. The van der Waals surface area contributed by atoms with Gasteiger partial charge < -0.3 is 76.0 Å². The molecule has 2 aliphatic rings. The van der Waals surface area contributed by atoms with Crippen molar-refractivity contribution in [2.75, 3.05) is 49.3 Å². The number of nitrogens with one attached hydrogen (secondary N) is 4. The number of aldehydes is 1. The average Bonchev–Trinajstić information content (AvgIpc) is 0.790. The van der Waals surface area contributed by atoms with Gasteiger partial charge in [0.2, 0.25) is 17.6 Å². The molecule has 5 aromatic rings. The third-order valence-corrected chi connectivity index (χ3v) is 18.0. The quantitative estimate of drug-likeness (QED) is 0.0153. The number of Topliss-reactive ketones (excluding diaryl/α,β-unsaturated/α-hetero) is 2. The average molecular weight is 1320 g/mol. The fraction of sp³-hybridized carbons (Fsp3) is 0.441. The molecule has 500 valence electrons. The molecular weight excluding hydrogens is 1240 g/mol. The van der Waals surface area contributed by atoms with Crippen LogP contribution >= 0.6 is 23.5 Å². The van der Waals surface area contributed by atoms with Crippen molar-refractivity contribution in [1.82, 2.24) is 21.3 Å². The number of carbonyl (C=O) groups is 8. The van der Waals surface area contributed by atoms with Crippen LogP contribution in [-0.4, -0.2) is 205 Å². The molecule has 11 N–H and O–H groups in total. The minimum atomic E-state index is -2.46. The monoisotopic (exact) mass is 1320 g/mol. The molecule has 2 heterocycles. The molecule has 25 heteroatoms. The summed E-state index contributed by atoms with van der Waals surface area (Å²) in [6, 6.07) is 36.9. The first-order valence-electron chi connectivity index (χ1n) is 30.7. The second kappa shape index (κ2) is 35.9. The van der Waals surface area contributed by atoms with E-state index in [4.69, 9.17) is 18.9 Å². The zero-order chi connectivity index (χ0) is 67.1. The van der Waals surface area contributed by atoms with Crippen molar-refractivity contribution in [2.45, 2.75) is 138 Å². The van der Waals surface area contributed by atoms with Gasteiger partial charge in [-0.3, -0.25) is 33.6 Å². The first-order valence-corrected chi connectivity index (χ1v) is 33.0. The van der Waals surface area contributed by atoms with Crippen molar-refractivity contribution in [3.05, 3.63) is 156 Å². The summed E-state index contributed by atoms with van der Waals surface area (Å²) in [6.45, 7) is 1.25. The molecule has 0 saturated carbocycles. The molecule has 4 amide bonds. The Morgan fingerprint density at radius 1 is 0.559 bits per heavy atom. The van der Waals surface area contributed by atoms with E-state index >= 15 is 0 Å². The van der Waals surface area contributed by atoms with Gasteiger partial charge in [-0.1, -0.05) is 109 Å². The van der Waals surface area contributed by atoms with Crippen molar-refractivity contribution in [2.24, 2.45) is 0 Å². The summed E-state index contributed by atoms with van der Waals surface area (Å²) in [7, 11) is 0. The van der Waals surface area contributed by atoms with Crippen molar-refractivity contribution < 1.29 is 93.0 Å². The highest BCUT2D eigenvalue weighted by Crippen LogP contribution is 2.35. The molecule has 23 nitrogen and oxygen atoms in total. The molecule has 12 atom stereocenters. The van der Waals surface area contributed by atoms with Gasteiger partial charge in [-0.15, -0.1) is 0 Å². The lowest BCUT2D eigenvalue weighted by atomic mass is 9.88. The lowest BCUT2D eigenvalue weighted by Gasteiger charge is -2.46. The summed E-state index contributed by atoms with van der Waals surface area (Å²) in [4.78, 5) is 101. The van der Waals surface area contributed by atoms with Crippen molar-refractivity contribution in [1.29, 1.82) is 0 Å². The zero-order valence-corrected chi connectivity index (χ0v) is 53.3. The standard InChI is InChI=1S/C68H82N4O19S2/c1-42(74)71-58-54(78)37-67(41-73,90-62(58)60(82)56(80)39-69-64(84)50-25-21-47(22-26-50)45-12-5-3-6-13-45)88-30-10-34-93-35-29-52(76)36-44-17-19-49(20-18-44)53(77)16-9-32-92-33-11-31-89-68(66(86)87)38-55(79)59(72-43(2)75)63(91-68)61(83)57(81)40-70-65(85)51-27-23-48(24-28-51)46-14-7-4-8-15-46/h3-8,12-15,17-28,41,54-63,78-83H,9-11,16,29-40H2,1-2H3,(H,69,84)(H,70,85)(H,71,74)(H,72,75)(H,86,87)/t54-,55-,56+,57-,58+,59-,60+,61+,62+,63+,67+,68+/m0/s1. The first-order chi connectivity index (χ1) is 44.6. The number of hydrogen-bond acceptors (Lipinski definition) is 20. The maximum absolute atomic E-state index is 13.1. The lowest BCUT2D eigenvalue weighted by Crippen LogP contribution is -2.68. The van der Waals surface area contributed by atoms with Crippen LogP contribution in [0.2, 0.25) is 0 Å². The number of carbonyl (C=O) groups excluding carboxylic acids is 7. The summed E-state index contributed by atoms with van der Waals surface area (Å²) in [5.74, 6) is -6.37. The van der Waals surface area contributed by atoms with Gasteiger partial charge in [0.05, 0.1) is 49.7 Å². The highest BCUT2D eigenvalue weighted by Gasteiger charge is 2.56. The predicted molar refractivity (Wildman–Crippen MR) is 347 cm³/mol. The van der Waals surface area contributed by atoms with E-state index in [0.29, 0.717) is 59.7 Å². The molecule has 2 fully saturated rings. The van der Waals surface area contributed by atoms with E-state index in [1.807, 2.05) is 60.7 Å². The van der Waals surface area contributed by atoms with E-state index in [2.05, 4.69) is 21.3 Å². The number of aliphatic hydroxyl groups excluding tert-OH is 6. The maximum atomic E-state index is 13.1. The van der Waals surface area contributed by atoms with Gasteiger partial charge in [0, 0.05) is 81.5 Å². The molecule has 2 saturated heterocycles. The van der Waals surface area contributed by atoms with Crippen molar-refractivity contribution in [3.63, 3.8) is 0 Å². The van der Waals surface area contributed by atoms with Crippen LogP contribution in [0.15, 0.2) is 133 Å². The van der Waals surface area contributed by atoms with Gasteiger partial charge in [0.25, 0.3) is 17.6 Å². The summed E-state index contributed by atoms with van der Waals surface area (Å²) >= 11 is 2.99. The predicted octanol–water partition coefficient (Wildman–Crippen LogP) is 4.05. The second-order valence-corrected chi connectivity index (χ2v) is 25.3. The minimum Gasteiger partial charge on any atom is -0.477 e. The number of carboxylic acid groups (broad SMARTS) is 1. The zero-order valence-electron chi connectivity index (χ0n) is 51.7. The number of benzene rings is 5. The number of ether oxygens (including phenoxy) is 4. The Balaban J connectivity index is 0.765. The van der Waals surface area contributed by atoms with Gasteiger partial charge >= 0.3 is 5.97 Å². The third-order valence-electron chi connectivity index (χ3n) is 15.8. The Labute approximate surface area is 547 Å². The Bertz CT molecular complexity index is 3260. The Morgan fingerprint density at radius 2 is 1.00 bits per heavy atom. The van der Waals surface area contributed by atoms with E-state index in [9.17, 15) is 74.1 Å². The van der Waals surface area contributed by atoms with Gasteiger partial charge in [-0.2, -0.15) is 23.5 Å². The molecule has 0 aliphatic carbocycles. The number of aliphatic carboxylic acids is 1. The fourth-order valence-corrected chi connectivity index (χ4v) is 12.6. The smallest absolute Gasteiger partial charge is 0.364 e. The van der Waals surface area contributed by atoms with Crippen LogP contribution in [0, 0.1) is 0 Å². The Morgan fingerprint density at radius 3 is 1.48 bits per heavy atom. The molecule has 0 spiro atoms. The second-order valence-electron chi connectivity index (χ2n) is 22.9. The topological polar surface area (TPSA) is 363 Å². The SMILES string of the molecule is CC(=O)N[C@@H]1[C@H]([C@H](O)[C@@H](O)CNC(=O)c2ccc(-c3ccccc3)cc2)O[C@@](OCCCSCCCC(=O)c2ccc(CC(=O)CCSCCCO[C@]3(C=O)C[C@H](O)[C@@H](NC(C)=O)[C@H]([C@H](O)[C@H](O)CNC(=O)c4ccc(-c5ccccc5)cc4)O3)cc2)(C(=O)O)C[C@@H]1O. The molecule has 0 aromatic heterocycles. The number of amides is 4. The largest absolute Gasteiger partial charge is 0.477 e. The molecule has 5 aromatic carbocycles. The Kier molecular flexibility index (Phi) is 28.2. The van der Waals surface area contributed by atoms with Gasteiger partial charge in [0.15, 0.2) is 12.1 Å². The van der Waals surface area contributed by atoms with E-state index < -0.39 is 128 Å². The lowest BCUT2D eigenvalue weighted by molar-refractivity contribution is -0.310. The normalized spacial score (nSPS) is 22.5. The first kappa shape index (κ1) is 73.2. The van der Waals surface area contributed by atoms with Crippen LogP contribution in [-0.2, 0) is 49.3 Å². The van der Waals surface area contributed by atoms with Crippen LogP contribution in [0.25, 0.3) is 22.3 Å².